The Morgan fingerprint density at radius 3 is 2.46 bits per heavy atom. The predicted octanol–water partition coefficient (Wildman–Crippen LogP) is 2.82. The van der Waals surface area contributed by atoms with Gasteiger partial charge in [-0.3, -0.25) is 9.59 Å². The molecule has 2 heterocycles. The molecule has 0 spiro atoms. The van der Waals surface area contributed by atoms with Crippen LogP contribution >= 0.6 is 23.4 Å². The quantitative estimate of drug-likeness (QED) is 0.723. The minimum Gasteiger partial charge on any atom is -0.369 e. The molecule has 1 aliphatic heterocycles. The summed E-state index contributed by atoms with van der Waals surface area (Å²) in [5, 5.41) is 9.70. The van der Waals surface area contributed by atoms with Crippen LogP contribution in [-0.2, 0) is 16.1 Å². The fourth-order valence-electron chi connectivity index (χ4n) is 3.32. The Labute approximate surface area is 173 Å². The zero-order valence-corrected chi connectivity index (χ0v) is 17.5. The highest BCUT2D eigenvalue weighted by molar-refractivity contribution is 8.00. The van der Waals surface area contributed by atoms with Crippen molar-refractivity contribution in [1.82, 2.24) is 19.7 Å². The molecule has 9 heteroatoms. The Morgan fingerprint density at radius 1 is 1.25 bits per heavy atom. The number of primary amides is 1. The number of benzene rings is 1. The number of carbonyl (C=O) groups excluding carboxylic acids is 2. The van der Waals surface area contributed by atoms with Gasteiger partial charge in [0.05, 0.1) is 5.25 Å². The minimum absolute atomic E-state index is 0.0478. The molecule has 0 saturated carbocycles. The molecule has 1 saturated heterocycles. The van der Waals surface area contributed by atoms with Crippen molar-refractivity contribution < 1.29 is 9.59 Å². The molecule has 0 aliphatic carbocycles. The van der Waals surface area contributed by atoms with Crippen LogP contribution in [0.3, 0.4) is 0 Å². The van der Waals surface area contributed by atoms with Gasteiger partial charge in [0.15, 0.2) is 11.0 Å². The van der Waals surface area contributed by atoms with Gasteiger partial charge in [0.25, 0.3) is 0 Å². The lowest BCUT2D eigenvalue weighted by atomic mass is 9.96. The third kappa shape index (κ3) is 4.50. The van der Waals surface area contributed by atoms with E-state index in [-0.39, 0.29) is 23.0 Å². The summed E-state index contributed by atoms with van der Waals surface area (Å²) in [6.45, 7) is 5.72. The highest BCUT2D eigenvalue weighted by Crippen LogP contribution is 2.29. The summed E-state index contributed by atoms with van der Waals surface area (Å²) >= 11 is 7.37. The number of hydrogen-bond donors (Lipinski definition) is 1. The summed E-state index contributed by atoms with van der Waals surface area (Å²) in [4.78, 5) is 25.9. The SMILES string of the molecule is CCn1c(SC(C)C(=O)N2CCC(C(N)=O)CC2)nnc1-c1ccc(Cl)cc1. The van der Waals surface area contributed by atoms with Gasteiger partial charge in [-0.05, 0) is 51.0 Å². The van der Waals surface area contributed by atoms with Gasteiger partial charge in [-0.1, -0.05) is 23.4 Å². The molecule has 1 unspecified atom stereocenters. The number of nitrogens with two attached hydrogens (primary N) is 1. The molecular weight excluding hydrogens is 398 g/mol. The second kappa shape index (κ2) is 8.96. The lowest BCUT2D eigenvalue weighted by Gasteiger charge is -2.32. The molecule has 0 bridgehead atoms. The number of piperidine rings is 1. The predicted molar refractivity (Wildman–Crippen MR) is 110 cm³/mol. The molecule has 2 aromatic rings. The van der Waals surface area contributed by atoms with E-state index in [0.29, 0.717) is 42.7 Å². The summed E-state index contributed by atoms with van der Waals surface area (Å²) < 4.78 is 2.00. The second-order valence-corrected chi connectivity index (χ2v) is 8.56. The molecule has 7 nitrogen and oxygen atoms in total. The highest BCUT2D eigenvalue weighted by atomic mass is 35.5. The number of halogens is 1. The van der Waals surface area contributed by atoms with Gasteiger partial charge in [0.2, 0.25) is 11.8 Å². The van der Waals surface area contributed by atoms with Crippen molar-refractivity contribution in [2.45, 2.75) is 43.6 Å². The van der Waals surface area contributed by atoms with E-state index in [0.717, 1.165) is 11.4 Å². The molecule has 2 amide bonds. The molecule has 1 fully saturated rings. The van der Waals surface area contributed by atoms with E-state index in [2.05, 4.69) is 10.2 Å². The van der Waals surface area contributed by atoms with Gasteiger partial charge in [0, 0.05) is 36.1 Å². The summed E-state index contributed by atoms with van der Waals surface area (Å²) in [6, 6.07) is 7.45. The molecule has 1 aliphatic rings. The van der Waals surface area contributed by atoms with Crippen LogP contribution in [0.1, 0.15) is 26.7 Å². The molecule has 1 aromatic heterocycles. The van der Waals surface area contributed by atoms with E-state index in [1.807, 2.05) is 47.6 Å². The van der Waals surface area contributed by atoms with E-state index in [9.17, 15) is 9.59 Å². The third-order valence-corrected chi connectivity index (χ3v) is 6.29. The van der Waals surface area contributed by atoms with E-state index >= 15 is 0 Å². The van der Waals surface area contributed by atoms with Crippen molar-refractivity contribution >= 4 is 35.2 Å². The van der Waals surface area contributed by atoms with Crippen LogP contribution in [0.2, 0.25) is 5.02 Å². The van der Waals surface area contributed by atoms with Crippen LogP contribution in [0.25, 0.3) is 11.4 Å². The number of amides is 2. The Balaban J connectivity index is 1.68. The smallest absolute Gasteiger partial charge is 0.235 e. The molecular formula is C19H24ClN5O2S. The van der Waals surface area contributed by atoms with E-state index in [4.69, 9.17) is 17.3 Å². The summed E-state index contributed by atoms with van der Waals surface area (Å²) in [5.41, 5.74) is 6.30. The lowest BCUT2D eigenvalue weighted by molar-refractivity contribution is -0.134. The number of aromatic nitrogens is 3. The van der Waals surface area contributed by atoms with Crippen LogP contribution < -0.4 is 5.73 Å². The van der Waals surface area contributed by atoms with Crippen molar-refractivity contribution in [3.8, 4) is 11.4 Å². The van der Waals surface area contributed by atoms with Crippen molar-refractivity contribution in [1.29, 1.82) is 0 Å². The molecule has 3 rings (SSSR count). The maximum Gasteiger partial charge on any atom is 0.235 e. The molecule has 1 atom stereocenters. The number of nitrogens with zero attached hydrogens (tertiary/aromatic N) is 4. The molecule has 1 aromatic carbocycles. The molecule has 28 heavy (non-hydrogen) atoms. The van der Waals surface area contributed by atoms with Gasteiger partial charge in [-0.15, -0.1) is 10.2 Å². The van der Waals surface area contributed by atoms with Gasteiger partial charge in [0.1, 0.15) is 0 Å². The number of likely N-dealkylation sites (tertiary alicyclic amines) is 1. The summed E-state index contributed by atoms with van der Waals surface area (Å²) in [6.07, 6.45) is 1.26. The van der Waals surface area contributed by atoms with Crippen LogP contribution in [0, 0.1) is 5.92 Å². The largest absolute Gasteiger partial charge is 0.369 e. The van der Waals surface area contributed by atoms with Crippen molar-refractivity contribution in [3.05, 3.63) is 29.3 Å². The van der Waals surface area contributed by atoms with Gasteiger partial charge < -0.3 is 15.2 Å². The number of thioether (sulfide) groups is 1. The maximum atomic E-state index is 12.8. The average Bonchev–Trinajstić information content (AvgIpc) is 3.10. The van der Waals surface area contributed by atoms with Gasteiger partial charge in [-0.2, -0.15) is 0 Å². The van der Waals surface area contributed by atoms with Crippen LogP contribution in [0.4, 0.5) is 0 Å². The van der Waals surface area contributed by atoms with E-state index < -0.39 is 0 Å². The fraction of sp³-hybridized carbons (Fsp3) is 0.474. The zero-order chi connectivity index (χ0) is 20.3. The topological polar surface area (TPSA) is 94.1 Å². The lowest BCUT2D eigenvalue weighted by Crippen LogP contribution is -2.44. The van der Waals surface area contributed by atoms with Crippen LogP contribution in [0.15, 0.2) is 29.4 Å². The van der Waals surface area contributed by atoms with Crippen LogP contribution in [0.5, 0.6) is 0 Å². The van der Waals surface area contributed by atoms with Gasteiger partial charge >= 0.3 is 0 Å². The Kier molecular flexibility index (Phi) is 6.61. The molecule has 2 N–H and O–H groups in total. The average molecular weight is 422 g/mol. The molecule has 0 radical (unpaired) electrons. The molecule has 150 valence electrons. The van der Waals surface area contributed by atoms with E-state index in [1.54, 1.807) is 0 Å². The number of hydrogen-bond acceptors (Lipinski definition) is 5. The first-order valence-electron chi connectivity index (χ1n) is 9.34. The standard InChI is InChI=1S/C19H24ClN5O2S/c1-3-25-17(14-4-6-15(20)7-5-14)22-23-19(25)28-12(2)18(27)24-10-8-13(9-11-24)16(21)26/h4-7,12-13H,3,8-11H2,1-2H3,(H2,21,26). The normalized spacial score (nSPS) is 16.2. The third-order valence-electron chi connectivity index (χ3n) is 4.97. The van der Waals surface area contributed by atoms with Crippen LogP contribution in [-0.4, -0.2) is 49.8 Å². The number of carbonyl (C=O) groups is 2. The summed E-state index contributed by atoms with van der Waals surface area (Å²) in [7, 11) is 0. The Bertz CT molecular complexity index is 847. The van der Waals surface area contributed by atoms with Crippen molar-refractivity contribution in [2.24, 2.45) is 11.7 Å². The summed E-state index contributed by atoms with van der Waals surface area (Å²) in [5.74, 6) is 0.396. The monoisotopic (exact) mass is 421 g/mol. The van der Waals surface area contributed by atoms with Crippen molar-refractivity contribution in [3.63, 3.8) is 0 Å². The zero-order valence-electron chi connectivity index (χ0n) is 16.0. The minimum atomic E-state index is -0.294. The first kappa shape index (κ1) is 20.7. The Hall–Kier alpha value is -2.06. The maximum absolute atomic E-state index is 12.8. The first-order valence-corrected chi connectivity index (χ1v) is 10.6. The Morgan fingerprint density at radius 2 is 1.89 bits per heavy atom. The first-order chi connectivity index (χ1) is 13.4. The van der Waals surface area contributed by atoms with Gasteiger partial charge in [-0.25, -0.2) is 0 Å². The highest BCUT2D eigenvalue weighted by Gasteiger charge is 2.29. The second-order valence-electron chi connectivity index (χ2n) is 6.82. The van der Waals surface area contributed by atoms with Crippen molar-refractivity contribution in [2.75, 3.05) is 13.1 Å². The van der Waals surface area contributed by atoms with E-state index in [1.165, 1.54) is 11.8 Å². The number of rotatable bonds is 6. The fourth-order valence-corrected chi connectivity index (χ4v) is 4.45.